The van der Waals surface area contributed by atoms with Gasteiger partial charge in [-0.05, 0) is 30.9 Å². The van der Waals surface area contributed by atoms with Crippen LogP contribution in [0.2, 0.25) is 0 Å². The first-order valence-corrected chi connectivity index (χ1v) is 6.50. The monoisotopic (exact) mass is 217 g/mol. The van der Waals surface area contributed by atoms with Gasteiger partial charge in [0.15, 0.2) is 0 Å². The Morgan fingerprint density at radius 1 is 1.27 bits per heavy atom. The summed E-state index contributed by atoms with van der Waals surface area (Å²) in [6.07, 6.45) is 5.54. The van der Waals surface area contributed by atoms with E-state index in [1.54, 1.807) is 0 Å². The Balaban J connectivity index is 1.95. The summed E-state index contributed by atoms with van der Waals surface area (Å²) in [7, 11) is 0. The molecule has 1 nitrogen and oxygen atoms in total. The maximum Gasteiger partial charge on any atom is 0.100 e. The smallest absolute Gasteiger partial charge is 0.100 e. The van der Waals surface area contributed by atoms with Gasteiger partial charge in [-0.3, -0.25) is 0 Å². The Bertz CT molecular complexity index is 361. The van der Waals surface area contributed by atoms with Gasteiger partial charge in [-0.1, -0.05) is 25.0 Å². The lowest BCUT2D eigenvalue weighted by molar-refractivity contribution is 0.623. The molecule has 2 rings (SSSR count). The predicted octanol–water partition coefficient (Wildman–Crippen LogP) is 3.84. The highest BCUT2D eigenvalue weighted by Crippen LogP contribution is 2.31. The zero-order valence-electron chi connectivity index (χ0n) is 8.78. The molecular weight excluding hydrogens is 202 g/mol. The first-order valence-electron chi connectivity index (χ1n) is 5.52. The molecule has 15 heavy (non-hydrogen) atoms. The fraction of sp³-hybridized carbons (Fsp3) is 0.462. The molecule has 0 bridgehead atoms. The van der Waals surface area contributed by atoms with Gasteiger partial charge < -0.3 is 0 Å². The highest BCUT2D eigenvalue weighted by molar-refractivity contribution is 7.99. The molecule has 1 aromatic rings. The summed E-state index contributed by atoms with van der Waals surface area (Å²) in [5.41, 5.74) is 0.820. The molecule has 0 amide bonds. The van der Waals surface area contributed by atoms with Crippen LogP contribution in [0.3, 0.4) is 0 Å². The van der Waals surface area contributed by atoms with Crippen molar-refractivity contribution < 1.29 is 0 Å². The van der Waals surface area contributed by atoms with E-state index < -0.39 is 0 Å². The van der Waals surface area contributed by atoms with E-state index in [9.17, 15) is 0 Å². The topological polar surface area (TPSA) is 23.8 Å². The van der Waals surface area contributed by atoms with Crippen molar-refractivity contribution in [1.29, 1.82) is 5.26 Å². The standard InChI is InChI=1S/C13H15NS/c14-9-12-7-3-4-8-13(12)15-10-11-5-1-2-6-11/h3-4,7-8,11H,1-2,5-6,10H2. The predicted molar refractivity (Wildman–Crippen MR) is 63.8 cm³/mol. The van der Waals surface area contributed by atoms with E-state index in [-0.39, 0.29) is 0 Å². The number of thioether (sulfide) groups is 1. The number of hydrogen-bond acceptors (Lipinski definition) is 2. The molecule has 2 heteroatoms. The Morgan fingerprint density at radius 3 is 2.73 bits per heavy atom. The van der Waals surface area contributed by atoms with Crippen molar-refractivity contribution in [2.45, 2.75) is 30.6 Å². The summed E-state index contributed by atoms with van der Waals surface area (Å²) in [6, 6.07) is 10.1. The summed E-state index contributed by atoms with van der Waals surface area (Å²) in [6.45, 7) is 0. The van der Waals surface area contributed by atoms with Crippen LogP contribution in [0, 0.1) is 17.2 Å². The zero-order valence-corrected chi connectivity index (χ0v) is 9.59. The lowest BCUT2D eigenvalue weighted by atomic mass is 10.1. The van der Waals surface area contributed by atoms with Gasteiger partial charge >= 0.3 is 0 Å². The van der Waals surface area contributed by atoms with Gasteiger partial charge in [0.25, 0.3) is 0 Å². The van der Waals surface area contributed by atoms with E-state index in [1.807, 2.05) is 30.0 Å². The lowest BCUT2D eigenvalue weighted by Gasteiger charge is -2.08. The largest absolute Gasteiger partial charge is 0.192 e. The Hall–Kier alpha value is -0.940. The van der Waals surface area contributed by atoms with Crippen LogP contribution in [0.4, 0.5) is 0 Å². The number of nitrogens with zero attached hydrogens (tertiary/aromatic N) is 1. The first kappa shape index (κ1) is 10.6. The molecule has 0 N–H and O–H groups in total. The van der Waals surface area contributed by atoms with E-state index in [0.717, 1.165) is 16.4 Å². The van der Waals surface area contributed by atoms with Crippen LogP contribution >= 0.6 is 11.8 Å². The molecular formula is C13H15NS. The van der Waals surface area contributed by atoms with Crippen molar-refractivity contribution in [3.05, 3.63) is 29.8 Å². The molecule has 0 aromatic heterocycles. The van der Waals surface area contributed by atoms with Crippen molar-refractivity contribution in [2.24, 2.45) is 5.92 Å². The van der Waals surface area contributed by atoms with Crippen molar-refractivity contribution >= 4 is 11.8 Å². The molecule has 0 heterocycles. The average molecular weight is 217 g/mol. The van der Waals surface area contributed by atoms with Crippen LogP contribution in [0.5, 0.6) is 0 Å². The fourth-order valence-corrected chi connectivity index (χ4v) is 3.26. The number of hydrogen-bond donors (Lipinski definition) is 0. The second kappa shape index (κ2) is 5.23. The fourth-order valence-electron chi connectivity index (χ4n) is 2.07. The van der Waals surface area contributed by atoms with Gasteiger partial charge in [-0.2, -0.15) is 5.26 Å². The van der Waals surface area contributed by atoms with Gasteiger partial charge in [0.1, 0.15) is 6.07 Å². The van der Waals surface area contributed by atoms with Gasteiger partial charge in [0.05, 0.1) is 5.56 Å². The van der Waals surface area contributed by atoms with Crippen molar-refractivity contribution in [2.75, 3.05) is 5.75 Å². The molecule has 1 saturated carbocycles. The molecule has 0 aliphatic heterocycles. The second-order valence-corrected chi connectivity index (χ2v) is 5.13. The Kier molecular flexibility index (Phi) is 3.69. The highest BCUT2D eigenvalue weighted by atomic mass is 32.2. The minimum atomic E-state index is 0.820. The van der Waals surface area contributed by atoms with E-state index in [4.69, 9.17) is 5.26 Å². The Labute approximate surface area is 95.5 Å². The lowest BCUT2D eigenvalue weighted by Crippen LogP contribution is -1.96. The van der Waals surface area contributed by atoms with E-state index in [0.29, 0.717) is 0 Å². The summed E-state index contributed by atoms with van der Waals surface area (Å²) < 4.78 is 0. The molecule has 1 fully saturated rings. The molecule has 1 aliphatic carbocycles. The van der Waals surface area contributed by atoms with Crippen LogP contribution in [0.1, 0.15) is 31.2 Å². The maximum atomic E-state index is 8.95. The van der Waals surface area contributed by atoms with Gasteiger partial charge in [0.2, 0.25) is 0 Å². The second-order valence-electron chi connectivity index (χ2n) is 4.07. The van der Waals surface area contributed by atoms with E-state index >= 15 is 0 Å². The molecule has 0 spiro atoms. The molecule has 0 saturated heterocycles. The van der Waals surface area contributed by atoms with Crippen LogP contribution in [-0.2, 0) is 0 Å². The van der Waals surface area contributed by atoms with Gasteiger partial charge in [-0.15, -0.1) is 11.8 Å². The molecule has 78 valence electrons. The average Bonchev–Trinajstić information content (AvgIpc) is 2.79. The van der Waals surface area contributed by atoms with Crippen LogP contribution < -0.4 is 0 Å². The minimum Gasteiger partial charge on any atom is -0.192 e. The number of benzene rings is 1. The van der Waals surface area contributed by atoms with E-state index in [2.05, 4.69) is 12.1 Å². The van der Waals surface area contributed by atoms with Crippen LogP contribution in [-0.4, -0.2) is 5.75 Å². The van der Waals surface area contributed by atoms with Crippen molar-refractivity contribution in [3.63, 3.8) is 0 Å². The maximum absolute atomic E-state index is 8.95. The van der Waals surface area contributed by atoms with Gasteiger partial charge in [-0.25, -0.2) is 0 Å². The van der Waals surface area contributed by atoms with E-state index in [1.165, 1.54) is 31.4 Å². The first-order chi connectivity index (χ1) is 7.40. The van der Waals surface area contributed by atoms with Crippen molar-refractivity contribution in [1.82, 2.24) is 0 Å². The zero-order chi connectivity index (χ0) is 10.5. The summed E-state index contributed by atoms with van der Waals surface area (Å²) >= 11 is 1.85. The Morgan fingerprint density at radius 2 is 2.00 bits per heavy atom. The van der Waals surface area contributed by atoms with Crippen LogP contribution in [0.25, 0.3) is 0 Å². The molecule has 0 atom stereocenters. The quantitative estimate of drug-likeness (QED) is 0.718. The normalized spacial score (nSPS) is 16.5. The molecule has 0 radical (unpaired) electrons. The third kappa shape index (κ3) is 2.76. The van der Waals surface area contributed by atoms with Crippen LogP contribution in [0.15, 0.2) is 29.2 Å². The molecule has 1 aliphatic rings. The SMILES string of the molecule is N#Cc1ccccc1SCC1CCCC1. The molecule has 1 aromatic carbocycles. The third-order valence-electron chi connectivity index (χ3n) is 2.96. The summed E-state index contributed by atoms with van der Waals surface area (Å²) in [5, 5.41) is 8.95. The summed E-state index contributed by atoms with van der Waals surface area (Å²) in [4.78, 5) is 1.15. The minimum absolute atomic E-state index is 0.820. The number of rotatable bonds is 3. The molecule has 0 unspecified atom stereocenters. The van der Waals surface area contributed by atoms with Crippen molar-refractivity contribution in [3.8, 4) is 6.07 Å². The van der Waals surface area contributed by atoms with Gasteiger partial charge in [0, 0.05) is 10.6 Å². The number of nitriles is 1. The highest BCUT2D eigenvalue weighted by Gasteiger charge is 2.15. The third-order valence-corrected chi connectivity index (χ3v) is 4.26. The summed E-state index contributed by atoms with van der Waals surface area (Å²) in [5.74, 6) is 2.06.